The topological polar surface area (TPSA) is 50.9 Å². The minimum Gasteiger partial charge on any atom is -0.388 e. The van der Waals surface area contributed by atoms with Crippen molar-refractivity contribution in [2.24, 2.45) is 5.73 Å². The zero-order valence-electron chi connectivity index (χ0n) is 8.98. The van der Waals surface area contributed by atoms with Crippen LogP contribution in [-0.2, 0) is 0 Å². The van der Waals surface area contributed by atoms with Crippen LogP contribution in [0.4, 0.5) is 5.69 Å². The Bertz CT molecular complexity index is 375. The first-order valence-corrected chi connectivity index (χ1v) is 6.93. The quantitative estimate of drug-likeness (QED) is 0.807. The fourth-order valence-electron chi connectivity index (χ4n) is 1.78. The number of rotatable bonds is 3. The van der Waals surface area contributed by atoms with E-state index in [4.69, 9.17) is 18.0 Å². The average molecular weight is 253 g/mol. The molecule has 3 nitrogen and oxygen atoms in total. The standard InChI is InChI=1S/C11H15N3S2/c12-11(15)10-9(2-1-5-13-10)14-8-3-6-16-7-4-8/h1-2,5,8,14H,3-4,6-7H2,(H2,12,15). The van der Waals surface area contributed by atoms with Crippen LogP contribution < -0.4 is 11.1 Å². The van der Waals surface area contributed by atoms with Crippen LogP contribution in [0.25, 0.3) is 0 Å². The molecule has 1 aliphatic heterocycles. The van der Waals surface area contributed by atoms with Gasteiger partial charge < -0.3 is 11.1 Å². The summed E-state index contributed by atoms with van der Waals surface area (Å²) in [6.45, 7) is 0. The van der Waals surface area contributed by atoms with Gasteiger partial charge in [-0.15, -0.1) is 0 Å². The molecule has 1 aliphatic rings. The maximum atomic E-state index is 5.64. The molecule has 0 saturated carbocycles. The van der Waals surface area contributed by atoms with Gasteiger partial charge in [-0.2, -0.15) is 11.8 Å². The molecule has 16 heavy (non-hydrogen) atoms. The highest BCUT2D eigenvalue weighted by Crippen LogP contribution is 2.22. The Kier molecular flexibility index (Phi) is 4.01. The zero-order chi connectivity index (χ0) is 11.4. The highest BCUT2D eigenvalue weighted by atomic mass is 32.2. The van der Waals surface area contributed by atoms with E-state index in [1.54, 1.807) is 6.20 Å². The van der Waals surface area contributed by atoms with E-state index in [2.05, 4.69) is 10.3 Å². The molecule has 0 amide bonds. The summed E-state index contributed by atoms with van der Waals surface area (Å²) in [7, 11) is 0. The SMILES string of the molecule is NC(=S)c1ncccc1NC1CCSCC1. The van der Waals surface area contributed by atoms with Gasteiger partial charge in [-0.05, 0) is 36.5 Å². The number of pyridine rings is 1. The molecule has 0 radical (unpaired) electrons. The van der Waals surface area contributed by atoms with E-state index in [1.165, 1.54) is 24.3 Å². The molecule has 1 aromatic rings. The summed E-state index contributed by atoms with van der Waals surface area (Å²) in [5.41, 5.74) is 7.31. The van der Waals surface area contributed by atoms with Crippen LogP contribution in [0.3, 0.4) is 0 Å². The molecule has 86 valence electrons. The van der Waals surface area contributed by atoms with Gasteiger partial charge in [-0.25, -0.2) is 0 Å². The average Bonchev–Trinajstić information content (AvgIpc) is 2.31. The van der Waals surface area contributed by atoms with Crippen LogP contribution in [0.15, 0.2) is 18.3 Å². The largest absolute Gasteiger partial charge is 0.388 e. The minimum absolute atomic E-state index is 0.355. The second-order valence-corrected chi connectivity index (χ2v) is 5.46. The monoisotopic (exact) mass is 253 g/mol. The highest BCUT2D eigenvalue weighted by molar-refractivity contribution is 7.99. The third-order valence-corrected chi connectivity index (χ3v) is 3.86. The van der Waals surface area contributed by atoms with Crippen LogP contribution in [0.2, 0.25) is 0 Å². The summed E-state index contributed by atoms with van der Waals surface area (Å²) in [4.78, 5) is 4.56. The van der Waals surface area contributed by atoms with Gasteiger partial charge in [0.15, 0.2) is 0 Å². The van der Waals surface area contributed by atoms with Gasteiger partial charge in [-0.3, -0.25) is 4.98 Å². The number of nitrogens with one attached hydrogen (secondary N) is 1. The smallest absolute Gasteiger partial charge is 0.124 e. The minimum atomic E-state index is 0.355. The van der Waals surface area contributed by atoms with Gasteiger partial charge in [0.1, 0.15) is 10.7 Å². The molecule has 0 bridgehead atoms. The molecule has 0 aromatic carbocycles. The number of nitrogens with zero attached hydrogens (tertiary/aromatic N) is 1. The van der Waals surface area contributed by atoms with Crippen LogP contribution in [-0.4, -0.2) is 27.5 Å². The molecule has 0 atom stereocenters. The third kappa shape index (κ3) is 2.86. The number of aromatic nitrogens is 1. The summed E-state index contributed by atoms with van der Waals surface area (Å²) < 4.78 is 0. The molecule has 2 rings (SSSR count). The van der Waals surface area contributed by atoms with E-state index in [-0.39, 0.29) is 0 Å². The molecule has 0 spiro atoms. The van der Waals surface area contributed by atoms with Crippen molar-refractivity contribution in [1.29, 1.82) is 0 Å². The molecule has 3 N–H and O–H groups in total. The van der Waals surface area contributed by atoms with Gasteiger partial charge in [0, 0.05) is 12.2 Å². The van der Waals surface area contributed by atoms with Crippen LogP contribution in [0.5, 0.6) is 0 Å². The first kappa shape index (κ1) is 11.7. The van der Waals surface area contributed by atoms with Crippen molar-refractivity contribution in [3.63, 3.8) is 0 Å². The van der Waals surface area contributed by atoms with E-state index in [9.17, 15) is 0 Å². The second-order valence-electron chi connectivity index (χ2n) is 3.79. The zero-order valence-corrected chi connectivity index (χ0v) is 10.6. The van der Waals surface area contributed by atoms with Crippen molar-refractivity contribution in [2.75, 3.05) is 16.8 Å². The van der Waals surface area contributed by atoms with Crippen LogP contribution in [0.1, 0.15) is 18.5 Å². The lowest BCUT2D eigenvalue weighted by Gasteiger charge is -2.24. The normalized spacial score (nSPS) is 17.0. The van der Waals surface area contributed by atoms with Gasteiger partial charge >= 0.3 is 0 Å². The maximum Gasteiger partial charge on any atom is 0.124 e. The first-order valence-electron chi connectivity index (χ1n) is 5.36. The van der Waals surface area contributed by atoms with E-state index >= 15 is 0 Å². The summed E-state index contributed by atoms with van der Waals surface area (Å²) >= 11 is 7.00. The first-order chi connectivity index (χ1) is 7.77. The Morgan fingerprint density at radius 1 is 1.50 bits per heavy atom. The van der Waals surface area contributed by atoms with E-state index in [1.807, 2.05) is 23.9 Å². The second kappa shape index (κ2) is 5.50. The van der Waals surface area contributed by atoms with Crippen LogP contribution in [0, 0.1) is 0 Å². The molecule has 0 aliphatic carbocycles. The van der Waals surface area contributed by atoms with E-state index < -0.39 is 0 Å². The van der Waals surface area contributed by atoms with Crippen LogP contribution >= 0.6 is 24.0 Å². The van der Waals surface area contributed by atoms with Crippen molar-refractivity contribution in [2.45, 2.75) is 18.9 Å². The number of anilines is 1. The highest BCUT2D eigenvalue weighted by Gasteiger charge is 2.15. The number of thioether (sulfide) groups is 1. The maximum absolute atomic E-state index is 5.64. The van der Waals surface area contributed by atoms with Gasteiger partial charge in [0.2, 0.25) is 0 Å². The molecule has 1 saturated heterocycles. The van der Waals surface area contributed by atoms with Gasteiger partial charge in [0.05, 0.1) is 5.69 Å². The summed E-state index contributed by atoms with van der Waals surface area (Å²) in [5, 5.41) is 3.49. The predicted octanol–water partition coefficient (Wildman–Crippen LogP) is 2.02. The fourth-order valence-corrected chi connectivity index (χ4v) is 3.05. The molecule has 2 heterocycles. The number of thiocarbonyl (C=S) groups is 1. The summed E-state index contributed by atoms with van der Waals surface area (Å²) in [6, 6.07) is 4.42. The molecule has 1 fully saturated rings. The Hall–Kier alpha value is -0.810. The van der Waals surface area contributed by atoms with Crippen molar-refractivity contribution >= 4 is 34.7 Å². The number of hydrogen-bond acceptors (Lipinski definition) is 4. The molecule has 0 unspecified atom stereocenters. The Labute approximate surface area is 105 Å². The summed E-state index contributed by atoms with van der Waals surface area (Å²) in [6.07, 6.45) is 4.10. The third-order valence-electron chi connectivity index (χ3n) is 2.62. The molecular weight excluding hydrogens is 238 g/mol. The van der Waals surface area contributed by atoms with Gasteiger partial charge in [0.25, 0.3) is 0 Å². The lowest BCUT2D eigenvalue weighted by molar-refractivity contribution is 0.666. The van der Waals surface area contributed by atoms with Crippen molar-refractivity contribution in [3.05, 3.63) is 24.0 Å². The Morgan fingerprint density at radius 2 is 2.25 bits per heavy atom. The lowest BCUT2D eigenvalue weighted by atomic mass is 10.1. The molecule has 5 heteroatoms. The molecular formula is C11H15N3S2. The van der Waals surface area contributed by atoms with Crippen molar-refractivity contribution in [1.82, 2.24) is 4.98 Å². The van der Waals surface area contributed by atoms with E-state index in [0.717, 1.165) is 5.69 Å². The Morgan fingerprint density at radius 3 is 2.94 bits per heavy atom. The number of hydrogen-bond donors (Lipinski definition) is 2. The van der Waals surface area contributed by atoms with E-state index in [0.29, 0.717) is 16.7 Å². The van der Waals surface area contributed by atoms with Gasteiger partial charge in [-0.1, -0.05) is 12.2 Å². The Balaban J connectivity index is 2.10. The number of nitrogens with two attached hydrogens (primary N) is 1. The lowest BCUT2D eigenvalue weighted by Crippen LogP contribution is -2.26. The summed E-state index contributed by atoms with van der Waals surface area (Å²) in [5.74, 6) is 2.45. The predicted molar refractivity (Wildman–Crippen MR) is 74.1 cm³/mol. The fraction of sp³-hybridized carbons (Fsp3) is 0.455. The van der Waals surface area contributed by atoms with Crippen molar-refractivity contribution < 1.29 is 0 Å². The molecule has 1 aromatic heterocycles. The van der Waals surface area contributed by atoms with Crippen molar-refractivity contribution in [3.8, 4) is 0 Å².